The lowest BCUT2D eigenvalue weighted by Gasteiger charge is -2.26. The predicted molar refractivity (Wildman–Crippen MR) is 152 cm³/mol. The van der Waals surface area contributed by atoms with Gasteiger partial charge in [-0.05, 0) is 53.2 Å². The Hall–Kier alpha value is -4.17. The van der Waals surface area contributed by atoms with Crippen LogP contribution in [0.2, 0.25) is 0 Å². The number of carbonyl (C=O) groups excluding carboxylic acids is 3. The molecule has 0 atom stereocenters. The van der Waals surface area contributed by atoms with Crippen LogP contribution in [0.5, 0.6) is 5.75 Å². The molecule has 1 saturated heterocycles. The Bertz CT molecular complexity index is 1420. The van der Waals surface area contributed by atoms with E-state index in [0.717, 1.165) is 39.3 Å². The molecule has 41 heavy (non-hydrogen) atoms. The number of ether oxygens (including phenoxy) is 3. The first-order chi connectivity index (χ1) is 19.4. The Morgan fingerprint density at radius 1 is 1.17 bits per heavy atom. The zero-order valence-corrected chi connectivity index (χ0v) is 24.1. The summed E-state index contributed by atoms with van der Waals surface area (Å²) in [6.07, 6.45) is 0.101. The lowest BCUT2D eigenvalue weighted by Crippen LogP contribution is -2.37. The molecule has 4 rings (SSSR count). The largest absolute Gasteiger partial charge is 0.491 e. The van der Waals surface area contributed by atoms with Crippen LogP contribution < -0.4 is 21.1 Å². The van der Waals surface area contributed by atoms with Gasteiger partial charge in [0, 0.05) is 37.3 Å². The van der Waals surface area contributed by atoms with Crippen molar-refractivity contribution in [2.75, 3.05) is 50.1 Å². The Kier molecular flexibility index (Phi) is 9.13. The van der Waals surface area contributed by atoms with Crippen molar-refractivity contribution in [2.45, 2.75) is 53.2 Å². The number of nitrogens with one attached hydrogen (secondary N) is 3. The number of anilines is 2. The highest BCUT2D eigenvalue weighted by atomic mass is 16.6. The lowest BCUT2D eigenvalue weighted by atomic mass is 10.1. The number of primary amides is 1. The fourth-order valence-electron chi connectivity index (χ4n) is 4.45. The second kappa shape index (κ2) is 12.6. The average Bonchev–Trinajstić information content (AvgIpc) is 3.45. The van der Waals surface area contributed by atoms with E-state index in [2.05, 4.69) is 30.6 Å². The Balaban J connectivity index is 1.51. The molecule has 1 fully saturated rings. The fourth-order valence-corrected chi connectivity index (χ4v) is 4.45. The van der Waals surface area contributed by atoms with E-state index in [1.165, 1.54) is 4.68 Å². The highest BCUT2D eigenvalue weighted by molar-refractivity contribution is 6.05. The first kappa shape index (κ1) is 29.8. The standard InChI is InChI=1S/C27H38N8O6/c1-6-35-21(16(2)23(33-35)31-26(38)41-27(3,4)5)24(37)32-25-29-18-14-17(22(28)36)15-19(20(18)30-25)40-11-7-8-34-9-12-39-13-10-34/h14-15H,6-13H2,1-5H3,(H2,28,36)(H,31,33,38)(H2,29,30,32,37). The molecule has 222 valence electrons. The quantitative estimate of drug-likeness (QED) is 0.267. The lowest BCUT2D eigenvalue weighted by molar-refractivity contribution is 0.0358. The maximum atomic E-state index is 13.3. The van der Waals surface area contributed by atoms with Crippen molar-refractivity contribution in [2.24, 2.45) is 5.73 Å². The van der Waals surface area contributed by atoms with Crippen LogP contribution in [0, 0.1) is 6.92 Å². The Labute approximate surface area is 237 Å². The summed E-state index contributed by atoms with van der Waals surface area (Å²) in [7, 11) is 0. The van der Waals surface area contributed by atoms with Crippen LogP contribution >= 0.6 is 0 Å². The number of hydrogen-bond acceptors (Lipinski definition) is 9. The fraction of sp³-hybridized carbons (Fsp3) is 0.519. The minimum atomic E-state index is -0.688. The van der Waals surface area contributed by atoms with Crippen LogP contribution in [-0.4, -0.2) is 87.6 Å². The second-order valence-corrected chi connectivity index (χ2v) is 10.7. The molecular weight excluding hydrogens is 532 g/mol. The van der Waals surface area contributed by atoms with Crippen molar-refractivity contribution in [3.8, 4) is 5.75 Å². The van der Waals surface area contributed by atoms with E-state index in [0.29, 0.717) is 35.5 Å². The predicted octanol–water partition coefficient (Wildman–Crippen LogP) is 2.89. The molecule has 5 N–H and O–H groups in total. The molecule has 1 aromatic carbocycles. The number of benzene rings is 1. The van der Waals surface area contributed by atoms with E-state index in [1.54, 1.807) is 39.8 Å². The molecule has 1 aliphatic heterocycles. The topological polar surface area (TPSA) is 179 Å². The molecule has 2 aromatic heterocycles. The molecule has 3 amide bonds. The molecule has 0 unspecified atom stereocenters. The van der Waals surface area contributed by atoms with Gasteiger partial charge in [-0.1, -0.05) is 0 Å². The zero-order chi connectivity index (χ0) is 29.7. The summed E-state index contributed by atoms with van der Waals surface area (Å²) in [4.78, 5) is 47.4. The highest BCUT2D eigenvalue weighted by Gasteiger charge is 2.25. The van der Waals surface area contributed by atoms with Crippen molar-refractivity contribution >= 4 is 40.7 Å². The Morgan fingerprint density at radius 2 is 1.90 bits per heavy atom. The third-order valence-electron chi connectivity index (χ3n) is 6.37. The number of aromatic amines is 1. The molecule has 1 aliphatic rings. The van der Waals surface area contributed by atoms with E-state index in [1.807, 2.05) is 6.92 Å². The van der Waals surface area contributed by atoms with Crippen molar-refractivity contribution in [3.63, 3.8) is 0 Å². The number of imidazole rings is 1. The van der Waals surface area contributed by atoms with Crippen LogP contribution in [-0.2, 0) is 16.0 Å². The SMILES string of the molecule is CCn1nc(NC(=O)OC(C)(C)C)c(C)c1C(=O)Nc1nc2c(OCCCN3CCOCC3)cc(C(N)=O)cc2[nH]1. The van der Waals surface area contributed by atoms with Gasteiger partial charge in [-0.15, -0.1) is 0 Å². The molecule has 0 spiro atoms. The van der Waals surface area contributed by atoms with Crippen molar-refractivity contribution in [3.05, 3.63) is 29.0 Å². The maximum Gasteiger partial charge on any atom is 0.413 e. The number of rotatable bonds is 10. The van der Waals surface area contributed by atoms with Gasteiger partial charge in [0.05, 0.1) is 25.3 Å². The molecule has 14 nitrogen and oxygen atoms in total. The number of fused-ring (bicyclic) bond motifs is 1. The number of nitrogens with two attached hydrogens (primary N) is 1. The number of H-pyrrole nitrogens is 1. The van der Waals surface area contributed by atoms with Gasteiger partial charge in [0.2, 0.25) is 11.9 Å². The van der Waals surface area contributed by atoms with Gasteiger partial charge in [-0.2, -0.15) is 5.10 Å². The van der Waals surface area contributed by atoms with E-state index < -0.39 is 23.5 Å². The van der Waals surface area contributed by atoms with Crippen LogP contribution in [0.15, 0.2) is 12.1 Å². The summed E-state index contributed by atoms with van der Waals surface area (Å²) in [6, 6.07) is 3.11. The molecule has 0 radical (unpaired) electrons. The van der Waals surface area contributed by atoms with Crippen LogP contribution in [0.4, 0.5) is 16.6 Å². The molecule has 0 bridgehead atoms. The minimum Gasteiger partial charge on any atom is -0.491 e. The van der Waals surface area contributed by atoms with Gasteiger partial charge in [-0.3, -0.25) is 29.8 Å². The van der Waals surface area contributed by atoms with E-state index >= 15 is 0 Å². The van der Waals surface area contributed by atoms with Crippen LogP contribution in [0.3, 0.4) is 0 Å². The van der Waals surface area contributed by atoms with E-state index in [4.69, 9.17) is 19.9 Å². The van der Waals surface area contributed by atoms with Gasteiger partial charge in [0.15, 0.2) is 5.82 Å². The molecule has 0 aliphatic carbocycles. The number of aromatic nitrogens is 4. The van der Waals surface area contributed by atoms with Gasteiger partial charge < -0.3 is 24.9 Å². The monoisotopic (exact) mass is 570 g/mol. The van der Waals surface area contributed by atoms with E-state index in [-0.39, 0.29) is 23.0 Å². The zero-order valence-electron chi connectivity index (χ0n) is 24.1. The third-order valence-corrected chi connectivity index (χ3v) is 6.37. The summed E-state index contributed by atoms with van der Waals surface area (Å²) in [6.45, 7) is 13.7. The third kappa shape index (κ3) is 7.52. The number of nitrogens with zero attached hydrogens (tertiary/aromatic N) is 4. The average molecular weight is 571 g/mol. The summed E-state index contributed by atoms with van der Waals surface area (Å²) in [5.41, 5.74) is 6.74. The second-order valence-electron chi connectivity index (χ2n) is 10.7. The smallest absolute Gasteiger partial charge is 0.413 e. The molecule has 3 heterocycles. The number of morpholine rings is 1. The maximum absolute atomic E-state index is 13.3. The number of aryl methyl sites for hydroxylation is 1. The first-order valence-electron chi connectivity index (χ1n) is 13.6. The van der Waals surface area contributed by atoms with Gasteiger partial charge in [0.25, 0.3) is 5.91 Å². The highest BCUT2D eigenvalue weighted by Crippen LogP contribution is 2.28. The Morgan fingerprint density at radius 3 is 2.56 bits per heavy atom. The normalized spacial score (nSPS) is 14.2. The molecular formula is C27H38N8O6. The van der Waals surface area contributed by atoms with Gasteiger partial charge >= 0.3 is 6.09 Å². The van der Waals surface area contributed by atoms with Crippen LogP contribution in [0.25, 0.3) is 11.0 Å². The number of amides is 3. The summed E-state index contributed by atoms with van der Waals surface area (Å²) < 4.78 is 18.2. The van der Waals surface area contributed by atoms with Crippen LogP contribution in [0.1, 0.15) is 60.5 Å². The summed E-state index contributed by atoms with van der Waals surface area (Å²) >= 11 is 0. The van der Waals surface area contributed by atoms with Crippen molar-refractivity contribution in [1.82, 2.24) is 24.6 Å². The van der Waals surface area contributed by atoms with Gasteiger partial charge in [-0.25, -0.2) is 9.78 Å². The summed E-state index contributed by atoms with van der Waals surface area (Å²) in [5, 5.41) is 9.71. The molecule has 14 heteroatoms. The van der Waals surface area contributed by atoms with Crippen molar-refractivity contribution in [1.29, 1.82) is 0 Å². The van der Waals surface area contributed by atoms with Crippen molar-refractivity contribution < 1.29 is 28.6 Å². The first-order valence-corrected chi connectivity index (χ1v) is 13.6. The number of hydrogen-bond donors (Lipinski definition) is 4. The van der Waals surface area contributed by atoms with E-state index in [9.17, 15) is 14.4 Å². The van der Waals surface area contributed by atoms with Gasteiger partial charge in [0.1, 0.15) is 22.6 Å². The molecule has 0 saturated carbocycles. The summed E-state index contributed by atoms with van der Waals surface area (Å²) in [5.74, 6) is -0.355. The molecule has 3 aromatic rings. The number of carbonyl (C=O) groups is 3. The minimum absolute atomic E-state index is 0.148.